The van der Waals surface area contributed by atoms with Gasteiger partial charge in [-0.05, 0) is 48.5 Å². The lowest BCUT2D eigenvalue weighted by Crippen LogP contribution is -2.26. The summed E-state index contributed by atoms with van der Waals surface area (Å²) in [4.78, 5) is 22.5. The van der Waals surface area contributed by atoms with Crippen LogP contribution < -0.4 is 9.62 Å². The first-order chi connectivity index (χ1) is 21.5. The van der Waals surface area contributed by atoms with Gasteiger partial charge in [-0.15, -0.1) is 0 Å². The van der Waals surface area contributed by atoms with Crippen LogP contribution in [0.4, 0.5) is 19.0 Å². The zero-order chi connectivity index (χ0) is 31.8. The molecule has 2 aromatic carbocycles. The molecule has 0 fully saturated rings. The van der Waals surface area contributed by atoms with Gasteiger partial charge in [0.15, 0.2) is 11.6 Å². The number of carbonyl (C=O) groups excluding carboxylic acids is 1. The Labute approximate surface area is 253 Å². The Bertz CT molecular complexity index is 2490. The molecule has 0 unspecified atom stereocenters. The van der Waals surface area contributed by atoms with Crippen LogP contribution in [0.3, 0.4) is 0 Å². The number of benzene rings is 2. The third-order valence-corrected chi connectivity index (χ3v) is 8.93. The first-order valence-corrected chi connectivity index (χ1v) is 15.4. The van der Waals surface area contributed by atoms with Crippen molar-refractivity contribution >= 4 is 60.2 Å². The Hall–Kier alpha value is -5.43. The minimum atomic E-state index is -3.87. The second-order valence-corrected chi connectivity index (χ2v) is 12.5. The predicted molar refractivity (Wildman–Crippen MR) is 165 cm³/mol. The molecule has 9 nitrogen and oxygen atoms in total. The molecule has 0 spiro atoms. The number of sulfonamides is 1. The number of nitrogens with zero attached hydrogens (tertiary/aromatic N) is 4. The van der Waals surface area contributed by atoms with Crippen LogP contribution in [-0.4, -0.2) is 49.0 Å². The van der Waals surface area contributed by atoms with Crippen LogP contribution in [0.25, 0.3) is 61.0 Å². The average molecular weight is 630 g/mol. The van der Waals surface area contributed by atoms with Crippen molar-refractivity contribution in [2.75, 3.05) is 24.7 Å². The van der Waals surface area contributed by atoms with Gasteiger partial charge in [-0.2, -0.15) is 4.98 Å². The lowest BCUT2D eigenvalue weighted by Gasteiger charge is -2.19. The van der Waals surface area contributed by atoms with E-state index < -0.39 is 27.6 Å². The minimum absolute atomic E-state index is 0.0706. The molecule has 0 bridgehead atoms. The molecular formula is C32H22F3N5O4S. The number of rotatable bonds is 5. The van der Waals surface area contributed by atoms with Crippen LogP contribution in [0.1, 0.15) is 10.4 Å². The fourth-order valence-electron chi connectivity index (χ4n) is 5.49. The van der Waals surface area contributed by atoms with Crippen LogP contribution in [0.5, 0.6) is 0 Å². The number of aromatic nitrogens is 3. The summed E-state index contributed by atoms with van der Waals surface area (Å²) in [6.45, 7) is 0. The van der Waals surface area contributed by atoms with Crippen LogP contribution >= 0.6 is 0 Å². The third-order valence-electron chi connectivity index (χ3n) is 7.77. The Morgan fingerprint density at radius 1 is 0.911 bits per heavy atom. The van der Waals surface area contributed by atoms with Crippen LogP contribution in [0, 0.1) is 17.5 Å². The highest BCUT2D eigenvalue weighted by Gasteiger charge is 2.29. The van der Waals surface area contributed by atoms with Gasteiger partial charge in [0.05, 0.1) is 45.0 Å². The Morgan fingerprint density at radius 3 is 2.44 bits per heavy atom. The molecule has 5 aromatic heterocycles. The Morgan fingerprint density at radius 2 is 1.71 bits per heavy atom. The summed E-state index contributed by atoms with van der Waals surface area (Å²) >= 11 is 0. The molecule has 0 atom stereocenters. The summed E-state index contributed by atoms with van der Waals surface area (Å²) in [5.41, 5.74) is 1.85. The number of halogens is 3. The molecule has 0 radical (unpaired) electrons. The van der Waals surface area contributed by atoms with Gasteiger partial charge in [0, 0.05) is 42.7 Å². The highest BCUT2D eigenvalue weighted by atomic mass is 32.2. The van der Waals surface area contributed by atoms with Crippen LogP contribution in [-0.2, 0) is 10.0 Å². The standard InChI is InChI=1S/C32H22F3N5O4S/c1-36-31(41)27-21-14-20(24-10-7-16-11-12-40-25-6-4-5-22(34)19(25)15-26(40)28(16)37-24)30(39(2)45(3,42)43)38-32(21)44-29(27)18-9-8-17(33)13-23(18)35/h4-15H,1-3H3,(H,36,41). The number of hydrogen-bond acceptors (Lipinski definition) is 6. The maximum atomic E-state index is 14.9. The molecule has 226 valence electrons. The Kier molecular flexibility index (Phi) is 6.34. The SMILES string of the molecule is CNC(=O)c1c(-c2ccc(F)cc2F)oc2nc(N(C)S(C)(=O)=O)c(-c3ccc4ccn5c6cccc(F)c6cc5c4n3)cc12. The molecule has 0 aliphatic rings. The fourth-order valence-corrected chi connectivity index (χ4v) is 5.94. The normalized spacial score (nSPS) is 12.0. The topological polar surface area (TPSA) is 110 Å². The average Bonchev–Trinajstić information content (AvgIpc) is 3.58. The van der Waals surface area contributed by atoms with Gasteiger partial charge in [-0.25, -0.2) is 26.6 Å². The summed E-state index contributed by atoms with van der Waals surface area (Å²) in [7, 11) is -1.18. The number of fused-ring (bicyclic) bond motifs is 6. The number of nitrogens with one attached hydrogen (secondary N) is 1. The molecular weight excluding hydrogens is 607 g/mol. The van der Waals surface area contributed by atoms with E-state index in [0.717, 1.165) is 28.1 Å². The van der Waals surface area contributed by atoms with Crippen molar-refractivity contribution in [1.82, 2.24) is 19.7 Å². The highest BCUT2D eigenvalue weighted by molar-refractivity contribution is 7.92. The lowest BCUT2D eigenvalue weighted by molar-refractivity contribution is 0.0964. The van der Waals surface area contributed by atoms with Crippen molar-refractivity contribution in [2.45, 2.75) is 0 Å². The zero-order valence-electron chi connectivity index (χ0n) is 23.9. The zero-order valence-corrected chi connectivity index (χ0v) is 24.7. The van der Waals surface area contributed by atoms with E-state index in [1.807, 2.05) is 16.7 Å². The van der Waals surface area contributed by atoms with Gasteiger partial charge in [-0.3, -0.25) is 9.10 Å². The number of amides is 1. The number of furan rings is 1. The van der Waals surface area contributed by atoms with E-state index in [-0.39, 0.29) is 45.2 Å². The molecule has 0 aliphatic carbocycles. The molecule has 0 saturated heterocycles. The van der Waals surface area contributed by atoms with Crippen molar-refractivity contribution in [3.63, 3.8) is 0 Å². The summed E-state index contributed by atoms with van der Waals surface area (Å²) in [5, 5.41) is 3.80. The van der Waals surface area contributed by atoms with Gasteiger partial charge in [0.1, 0.15) is 17.5 Å². The van der Waals surface area contributed by atoms with Crippen molar-refractivity contribution in [1.29, 1.82) is 0 Å². The molecule has 5 heterocycles. The van der Waals surface area contributed by atoms with E-state index in [0.29, 0.717) is 33.7 Å². The summed E-state index contributed by atoms with van der Waals surface area (Å²) in [6, 6.07) is 16.1. The quantitative estimate of drug-likeness (QED) is 0.240. The molecule has 13 heteroatoms. The Balaban J connectivity index is 1.55. The van der Waals surface area contributed by atoms with Crippen LogP contribution in [0.15, 0.2) is 77.3 Å². The maximum absolute atomic E-state index is 14.9. The smallest absolute Gasteiger partial charge is 0.255 e. The number of hydrogen-bond donors (Lipinski definition) is 1. The van der Waals surface area contributed by atoms with Gasteiger partial charge in [0.2, 0.25) is 15.7 Å². The van der Waals surface area contributed by atoms with Gasteiger partial charge in [-0.1, -0.05) is 12.1 Å². The lowest BCUT2D eigenvalue weighted by atomic mass is 10.0. The van der Waals surface area contributed by atoms with E-state index in [1.165, 1.54) is 26.2 Å². The third kappa shape index (κ3) is 4.46. The van der Waals surface area contributed by atoms with E-state index >= 15 is 0 Å². The van der Waals surface area contributed by atoms with E-state index in [4.69, 9.17) is 9.40 Å². The monoisotopic (exact) mass is 629 g/mol. The number of pyridine rings is 3. The first-order valence-electron chi connectivity index (χ1n) is 13.5. The molecule has 7 aromatic rings. The van der Waals surface area contributed by atoms with E-state index in [2.05, 4.69) is 10.3 Å². The number of anilines is 1. The second-order valence-electron chi connectivity index (χ2n) is 10.5. The predicted octanol–water partition coefficient (Wildman–Crippen LogP) is 6.29. The molecule has 7 rings (SSSR count). The fraction of sp³-hybridized carbons (Fsp3) is 0.0938. The van der Waals surface area contributed by atoms with Gasteiger partial charge in [0.25, 0.3) is 5.91 Å². The molecule has 0 saturated carbocycles. The highest BCUT2D eigenvalue weighted by Crippen LogP contribution is 2.40. The van der Waals surface area contributed by atoms with Crippen LogP contribution in [0.2, 0.25) is 0 Å². The van der Waals surface area contributed by atoms with E-state index in [1.54, 1.807) is 30.3 Å². The maximum Gasteiger partial charge on any atom is 0.255 e. The second kappa shape index (κ2) is 10.1. The first kappa shape index (κ1) is 28.3. The van der Waals surface area contributed by atoms with Crippen molar-refractivity contribution in [2.24, 2.45) is 0 Å². The molecule has 0 aliphatic heterocycles. The molecule has 1 N–H and O–H groups in total. The van der Waals surface area contributed by atoms with Crippen molar-refractivity contribution < 1.29 is 30.8 Å². The van der Waals surface area contributed by atoms with Gasteiger partial charge >= 0.3 is 0 Å². The number of carbonyl (C=O) groups is 1. The van der Waals surface area contributed by atoms with Crippen molar-refractivity contribution in [3.05, 3.63) is 95.9 Å². The van der Waals surface area contributed by atoms with Gasteiger partial charge < -0.3 is 14.1 Å². The van der Waals surface area contributed by atoms with E-state index in [9.17, 15) is 26.4 Å². The molecule has 1 amide bonds. The molecule has 45 heavy (non-hydrogen) atoms. The minimum Gasteiger partial charge on any atom is -0.437 e. The largest absolute Gasteiger partial charge is 0.437 e. The van der Waals surface area contributed by atoms with Crippen molar-refractivity contribution in [3.8, 4) is 22.6 Å². The summed E-state index contributed by atoms with van der Waals surface area (Å²) < 4.78 is 77.4. The summed E-state index contributed by atoms with van der Waals surface area (Å²) in [6.07, 6.45) is 2.81. The summed E-state index contributed by atoms with van der Waals surface area (Å²) in [5.74, 6) is -3.10.